The standard InChI is InChI=1S/C15H17BrFNO4/c1-22-12-6-11(7-15(20)21)18(8-12)14(19)5-9-4-10(17)2-3-13(9)16/h2-4,11-12H,5-8H2,1H3,(H,20,21). The minimum absolute atomic E-state index is 0.0187. The highest BCUT2D eigenvalue weighted by atomic mass is 79.9. The maximum Gasteiger partial charge on any atom is 0.305 e. The van der Waals surface area contributed by atoms with Gasteiger partial charge in [0.2, 0.25) is 5.91 Å². The summed E-state index contributed by atoms with van der Waals surface area (Å²) in [6.07, 6.45) is 0.240. The second-order valence-corrected chi connectivity index (χ2v) is 6.16. The van der Waals surface area contributed by atoms with E-state index in [1.54, 1.807) is 13.2 Å². The first-order chi connectivity index (χ1) is 10.4. The number of likely N-dealkylation sites (tertiary alicyclic amines) is 1. The molecule has 22 heavy (non-hydrogen) atoms. The molecular formula is C15H17BrFNO4. The zero-order valence-corrected chi connectivity index (χ0v) is 13.7. The molecule has 1 aromatic rings. The van der Waals surface area contributed by atoms with Gasteiger partial charge in [0.1, 0.15) is 5.82 Å². The van der Waals surface area contributed by atoms with Crippen LogP contribution in [0.4, 0.5) is 4.39 Å². The maximum atomic E-state index is 13.3. The summed E-state index contributed by atoms with van der Waals surface area (Å²) in [5.74, 6) is -1.59. The van der Waals surface area contributed by atoms with Crippen molar-refractivity contribution in [3.8, 4) is 0 Å². The van der Waals surface area contributed by atoms with Gasteiger partial charge in [-0.2, -0.15) is 0 Å². The average Bonchev–Trinajstić information content (AvgIpc) is 2.85. The van der Waals surface area contributed by atoms with Crippen LogP contribution in [0.25, 0.3) is 0 Å². The SMILES string of the molecule is COC1CC(CC(=O)O)N(C(=O)Cc2cc(F)ccc2Br)C1. The van der Waals surface area contributed by atoms with Gasteiger partial charge < -0.3 is 14.7 Å². The molecule has 2 atom stereocenters. The van der Waals surface area contributed by atoms with Gasteiger partial charge in [-0.15, -0.1) is 0 Å². The first kappa shape index (κ1) is 16.9. The van der Waals surface area contributed by atoms with Crippen molar-refractivity contribution in [3.63, 3.8) is 0 Å². The van der Waals surface area contributed by atoms with E-state index in [0.717, 1.165) is 0 Å². The Morgan fingerprint density at radius 2 is 2.23 bits per heavy atom. The Balaban J connectivity index is 2.12. The molecule has 5 nitrogen and oxygen atoms in total. The van der Waals surface area contributed by atoms with Crippen LogP contribution < -0.4 is 0 Å². The van der Waals surface area contributed by atoms with E-state index >= 15 is 0 Å². The fourth-order valence-electron chi connectivity index (χ4n) is 2.69. The predicted molar refractivity (Wildman–Crippen MR) is 81.0 cm³/mol. The summed E-state index contributed by atoms with van der Waals surface area (Å²) in [6.45, 7) is 0.361. The van der Waals surface area contributed by atoms with Crippen LogP contribution in [0, 0.1) is 5.82 Å². The van der Waals surface area contributed by atoms with Gasteiger partial charge in [0.05, 0.1) is 18.9 Å². The van der Waals surface area contributed by atoms with Crippen molar-refractivity contribution in [2.45, 2.75) is 31.4 Å². The molecule has 1 aliphatic heterocycles. The largest absolute Gasteiger partial charge is 0.481 e. The van der Waals surface area contributed by atoms with Gasteiger partial charge in [0.15, 0.2) is 0 Å². The highest BCUT2D eigenvalue weighted by molar-refractivity contribution is 9.10. The lowest BCUT2D eigenvalue weighted by molar-refractivity contribution is -0.139. The Kier molecular flexibility index (Phi) is 5.52. The summed E-state index contributed by atoms with van der Waals surface area (Å²) in [6, 6.07) is 3.77. The van der Waals surface area contributed by atoms with Crippen LogP contribution in [0.1, 0.15) is 18.4 Å². The number of aliphatic carboxylic acids is 1. The number of methoxy groups -OCH3 is 1. The average molecular weight is 374 g/mol. The van der Waals surface area contributed by atoms with Crippen LogP contribution in [0.5, 0.6) is 0 Å². The third-order valence-corrected chi connectivity index (χ3v) is 4.56. The fraction of sp³-hybridized carbons (Fsp3) is 0.467. The Morgan fingerprint density at radius 3 is 2.86 bits per heavy atom. The number of carbonyl (C=O) groups excluding carboxylic acids is 1. The monoisotopic (exact) mass is 373 g/mol. The molecule has 0 spiro atoms. The number of ether oxygens (including phenoxy) is 1. The lowest BCUT2D eigenvalue weighted by Crippen LogP contribution is -2.38. The highest BCUT2D eigenvalue weighted by Gasteiger charge is 2.36. The number of benzene rings is 1. The third-order valence-electron chi connectivity index (χ3n) is 3.79. The van der Waals surface area contributed by atoms with E-state index in [2.05, 4.69) is 15.9 Å². The molecule has 1 saturated heterocycles. The van der Waals surface area contributed by atoms with Gasteiger partial charge in [0.25, 0.3) is 0 Å². The van der Waals surface area contributed by atoms with Crippen molar-refractivity contribution < 1.29 is 23.8 Å². The van der Waals surface area contributed by atoms with E-state index in [0.29, 0.717) is 23.0 Å². The van der Waals surface area contributed by atoms with Gasteiger partial charge in [-0.1, -0.05) is 15.9 Å². The normalized spacial score (nSPS) is 21.1. The summed E-state index contributed by atoms with van der Waals surface area (Å²) >= 11 is 3.29. The minimum Gasteiger partial charge on any atom is -0.481 e. The Bertz CT molecular complexity index is 581. The number of hydrogen-bond acceptors (Lipinski definition) is 3. The molecular weight excluding hydrogens is 357 g/mol. The Morgan fingerprint density at radius 1 is 1.50 bits per heavy atom. The molecule has 2 unspecified atom stereocenters. The zero-order chi connectivity index (χ0) is 16.3. The van der Waals surface area contributed by atoms with Gasteiger partial charge in [-0.05, 0) is 30.2 Å². The lowest BCUT2D eigenvalue weighted by Gasteiger charge is -2.23. The number of nitrogens with zero attached hydrogens (tertiary/aromatic N) is 1. The van der Waals surface area contributed by atoms with Crippen molar-refractivity contribution in [3.05, 3.63) is 34.1 Å². The van der Waals surface area contributed by atoms with E-state index in [-0.39, 0.29) is 30.9 Å². The van der Waals surface area contributed by atoms with Crippen molar-refractivity contribution in [2.24, 2.45) is 0 Å². The molecule has 2 rings (SSSR count). The zero-order valence-electron chi connectivity index (χ0n) is 12.1. The van der Waals surface area contributed by atoms with E-state index in [1.807, 2.05) is 0 Å². The summed E-state index contributed by atoms with van der Waals surface area (Å²) in [7, 11) is 1.54. The highest BCUT2D eigenvalue weighted by Crippen LogP contribution is 2.25. The van der Waals surface area contributed by atoms with Crippen molar-refractivity contribution >= 4 is 27.8 Å². The van der Waals surface area contributed by atoms with Gasteiger partial charge in [0, 0.05) is 24.2 Å². The van der Waals surface area contributed by atoms with Crippen molar-refractivity contribution in [1.82, 2.24) is 4.90 Å². The number of carboxylic acids is 1. The molecule has 1 amide bonds. The summed E-state index contributed by atoms with van der Waals surface area (Å²) < 4.78 is 19.2. The van der Waals surface area contributed by atoms with Crippen LogP contribution in [-0.2, 0) is 20.7 Å². The van der Waals surface area contributed by atoms with Crippen LogP contribution >= 0.6 is 15.9 Å². The molecule has 0 aliphatic carbocycles. The Labute approximate surface area is 136 Å². The maximum absolute atomic E-state index is 13.3. The van der Waals surface area contributed by atoms with Gasteiger partial charge >= 0.3 is 5.97 Å². The molecule has 7 heteroatoms. The van der Waals surface area contributed by atoms with Gasteiger partial charge in [-0.3, -0.25) is 9.59 Å². The number of halogens is 2. The van der Waals surface area contributed by atoms with Crippen molar-refractivity contribution in [1.29, 1.82) is 0 Å². The number of carboxylic acid groups (broad SMARTS) is 1. The molecule has 0 aromatic heterocycles. The van der Waals surface area contributed by atoms with Crippen LogP contribution in [-0.4, -0.2) is 47.7 Å². The van der Waals surface area contributed by atoms with Crippen LogP contribution in [0.3, 0.4) is 0 Å². The molecule has 1 N–H and O–H groups in total. The van der Waals surface area contributed by atoms with E-state index < -0.39 is 11.8 Å². The van der Waals surface area contributed by atoms with E-state index in [4.69, 9.17) is 9.84 Å². The molecule has 1 aliphatic rings. The molecule has 1 aromatic carbocycles. The fourth-order valence-corrected chi connectivity index (χ4v) is 3.08. The minimum atomic E-state index is -0.952. The molecule has 120 valence electrons. The summed E-state index contributed by atoms with van der Waals surface area (Å²) in [5, 5.41) is 8.97. The van der Waals surface area contributed by atoms with Crippen molar-refractivity contribution in [2.75, 3.05) is 13.7 Å². The number of hydrogen-bond donors (Lipinski definition) is 1. The van der Waals surface area contributed by atoms with Gasteiger partial charge in [-0.25, -0.2) is 4.39 Å². The molecule has 1 fully saturated rings. The molecule has 0 bridgehead atoms. The molecule has 0 radical (unpaired) electrons. The third kappa shape index (κ3) is 4.04. The lowest BCUT2D eigenvalue weighted by atomic mass is 10.1. The van der Waals surface area contributed by atoms with E-state index in [9.17, 15) is 14.0 Å². The quantitative estimate of drug-likeness (QED) is 0.859. The van der Waals surface area contributed by atoms with Crippen LogP contribution in [0.2, 0.25) is 0 Å². The first-order valence-electron chi connectivity index (χ1n) is 6.88. The number of carbonyl (C=O) groups is 2. The second kappa shape index (κ2) is 7.19. The topological polar surface area (TPSA) is 66.8 Å². The molecule has 1 heterocycles. The predicted octanol–water partition coefficient (Wildman–Crippen LogP) is 2.22. The second-order valence-electron chi connectivity index (χ2n) is 5.30. The smallest absolute Gasteiger partial charge is 0.305 e. The van der Waals surface area contributed by atoms with Crippen LogP contribution in [0.15, 0.2) is 22.7 Å². The Hall–Kier alpha value is -1.47. The van der Waals surface area contributed by atoms with E-state index in [1.165, 1.54) is 17.0 Å². The first-order valence-corrected chi connectivity index (χ1v) is 7.68. The number of rotatable bonds is 5. The summed E-state index contributed by atoms with van der Waals surface area (Å²) in [4.78, 5) is 24.9. The molecule has 0 saturated carbocycles. The summed E-state index contributed by atoms with van der Waals surface area (Å²) in [5.41, 5.74) is 0.542. The number of amides is 1.